The summed E-state index contributed by atoms with van der Waals surface area (Å²) >= 11 is 0. The maximum absolute atomic E-state index is 6.16. The van der Waals surface area contributed by atoms with Gasteiger partial charge in [-0.05, 0) is 36.8 Å². The third-order valence-corrected chi connectivity index (χ3v) is 3.77. The lowest BCUT2D eigenvalue weighted by molar-refractivity contribution is 0.195. The second-order valence-electron chi connectivity index (χ2n) is 5.50. The highest BCUT2D eigenvalue weighted by atomic mass is 16.5. The van der Waals surface area contributed by atoms with Gasteiger partial charge in [0, 0.05) is 24.0 Å². The van der Waals surface area contributed by atoms with Crippen LogP contribution < -0.4 is 20.9 Å². The first-order chi connectivity index (χ1) is 11.7. The van der Waals surface area contributed by atoms with E-state index in [4.69, 9.17) is 20.9 Å². The molecule has 0 aliphatic carbocycles. The van der Waals surface area contributed by atoms with Gasteiger partial charge in [0.1, 0.15) is 11.9 Å². The van der Waals surface area contributed by atoms with Crippen molar-refractivity contribution in [2.75, 3.05) is 11.5 Å². The van der Waals surface area contributed by atoms with Gasteiger partial charge in [-0.25, -0.2) is 0 Å². The van der Waals surface area contributed by atoms with E-state index < -0.39 is 0 Å². The average molecular weight is 323 g/mol. The van der Waals surface area contributed by atoms with Gasteiger partial charge in [0.05, 0.1) is 11.4 Å². The molecule has 24 heavy (non-hydrogen) atoms. The molecule has 5 heteroatoms. The van der Waals surface area contributed by atoms with Crippen molar-refractivity contribution in [2.24, 2.45) is 0 Å². The Balaban J connectivity index is 1.83. The molecule has 0 spiro atoms. The summed E-state index contributed by atoms with van der Waals surface area (Å²) in [6.07, 6.45) is 4.64. The van der Waals surface area contributed by atoms with Crippen molar-refractivity contribution >= 4 is 11.4 Å². The van der Waals surface area contributed by atoms with Gasteiger partial charge in [-0.3, -0.25) is 0 Å². The van der Waals surface area contributed by atoms with Gasteiger partial charge in [0.15, 0.2) is 11.5 Å². The minimum Gasteiger partial charge on any atom is -0.482 e. The zero-order valence-electron chi connectivity index (χ0n) is 13.5. The molecular weight excluding hydrogens is 302 g/mol. The topological polar surface area (TPSA) is 86.3 Å². The third kappa shape index (κ3) is 3.46. The highest BCUT2D eigenvalue weighted by molar-refractivity contribution is 5.65. The molecular formula is C19H21N3O2. The Morgan fingerprint density at radius 1 is 1.00 bits per heavy atom. The van der Waals surface area contributed by atoms with Crippen LogP contribution >= 0.6 is 0 Å². The van der Waals surface area contributed by atoms with Gasteiger partial charge in [-0.1, -0.05) is 19.1 Å². The van der Waals surface area contributed by atoms with Crippen molar-refractivity contribution in [1.82, 2.24) is 4.98 Å². The minimum absolute atomic E-state index is 0.0440. The SMILES string of the molecule is CCC(Oc1ccccc1Oc1ccc(N)c(N)c1)c1cc[nH]c1. The van der Waals surface area contributed by atoms with E-state index >= 15 is 0 Å². The first-order valence-corrected chi connectivity index (χ1v) is 7.88. The number of para-hydroxylation sites is 2. The summed E-state index contributed by atoms with van der Waals surface area (Å²) in [6, 6.07) is 14.8. The molecule has 1 atom stereocenters. The van der Waals surface area contributed by atoms with Crippen LogP contribution in [0.2, 0.25) is 0 Å². The van der Waals surface area contributed by atoms with Crippen LogP contribution in [0.25, 0.3) is 0 Å². The first kappa shape index (κ1) is 15.8. The number of hydrogen-bond donors (Lipinski definition) is 3. The van der Waals surface area contributed by atoms with Crippen LogP contribution in [0.5, 0.6) is 17.2 Å². The molecule has 0 radical (unpaired) electrons. The van der Waals surface area contributed by atoms with E-state index in [2.05, 4.69) is 11.9 Å². The number of aromatic nitrogens is 1. The summed E-state index contributed by atoms with van der Waals surface area (Å²) in [7, 11) is 0. The fraction of sp³-hybridized carbons (Fsp3) is 0.158. The Morgan fingerprint density at radius 2 is 1.79 bits per heavy atom. The van der Waals surface area contributed by atoms with E-state index in [9.17, 15) is 0 Å². The van der Waals surface area contributed by atoms with Crippen LogP contribution in [-0.2, 0) is 0 Å². The zero-order valence-corrected chi connectivity index (χ0v) is 13.5. The van der Waals surface area contributed by atoms with Gasteiger partial charge >= 0.3 is 0 Å². The van der Waals surface area contributed by atoms with Crippen molar-refractivity contribution < 1.29 is 9.47 Å². The smallest absolute Gasteiger partial charge is 0.169 e. The molecule has 0 amide bonds. The Labute approximate surface area is 141 Å². The number of ether oxygens (including phenoxy) is 2. The number of nitrogens with two attached hydrogens (primary N) is 2. The van der Waals surface area contributed by atoms with Crippen molar-refractivity contribution in [2.45, 2.75) is 19.4 Å². The molecule has 0 bridgehead atoms. The van der Waals surface area contributed by atoms with Gasteiger partial charge in [0.2, 0.25) is 0 Å². The standard InChI is InChI=1S/C19H21N3O2/c1-2-17(13-9-10-22-12-13)24-19-6-4-3-5-18(19)23-14-7-8-15(20)16(21)11-14/h3-12,17,22H,2,20-21H2,1H3. The number of hydrogen-bond acceptors (Lipinski definition) is 4. The van der Waals surface area contributed by atoms with Crippen molar-refractivity contribution in [3.05, 3.63) is 66.5 Å². The fourth-order valence-corrected chi connectivity index (χ4v) is 2.45. The summed E-state index contributed by atoms with van der Waals surface area (Å²) < 4.78 is 12.1. The van der Waals surface area contributed by atoms with E-state index in [1.54, 1.807) is 18.2 Å². The second kappa shape index (κ2) is 7.00. The van der Waals surface area contributed by atoms with Crippen LogP contribution in [0.3, 0.4) is 0 Å². The van der Waals surface area contributed by atoms with E-state index in [0.29, 0.717) is 28.6 Å². The molecule has 5 nitrogen and oxygen atoms in total. The number of benzene rings is 2. The zero-order chi connectivity index (χ0) is 16.9. The van der Waals surface area contributed by atoms with E-state index in [0.717, 1.165) is 12.0 Å². The Bertz CT molecular complexity index is 800. The van der Waals surface area contributed by atoms with E-state index in [-0.39, 0.29) is 6.10 Å². The molecule has 3 aromatic rings. The molecule has 3 rings (SSSR count). The molecule has 0 saturated heterocycles. The Morgan fingerprint density at radius 3 is 2.46 bits per heavy atom. The predicted molar refractivity (Wildman–Crippen MR) is 96.2 cm³/mol. The number of rotatable bonds is 6. The number of aromatic amines is 1. The van der Waals surface area contributed by atoms with Crippen LogP contribution in [0.4, 0.5) is 11.4 Å². The monoisotopic (exact) mass is 323 g/mol. The fourth-order valence-electron chi connectivity index (χ4n) is 2.45. The molecule has 0 aliphatic rings. The van der Waals surface area contributed by atoms with Gasteiger partial charge in [-0.15, -0.1) is 0 Å². The van der Waals surface area contributed by atoms with Gasteiger partial charge in [0.25, 0.3) is 0 Å². The summed E-state index contributed by atoms with van der Waals surface area (Å²) in [5, 5.41) is 0. The lowest BCUT2D eigenvalue weighted by atomic mass is 10.1. The minimum atomic E-state index is -0.0440. The molecule has 0 aliphatic heterocycles. The number of anilines is 2. The van der Waals surface area contributed by atoms with Crippen LogP contribution in [0, 0.1) is 0 Å². The third-order valence-electron chi connectivity index (χ3n) is 3.77. The first-order valence-electron chi connectivity index (χ1n) is 7.88. The van der Waals surface area contributed by atoms with E-state index in [1.807, 2.05) is 42.7 Å². The van der Waals surface area contributed by atoms with Gasteiger partial charge < -0.3 is 25.9 Å². The number of nitrogen functional groups attached to an aromatic ring is 2. The summed E-state index contributed by atoms with van der Waals surface area (Å²) in [6.45, 7) is 2.09. The van der Waals surface area contributed by atoms with Crippen molar-refractivity contribution in [3.8, 4) is 17.2 Å². The van der Waals surface area contributed by atoms with Crippen molar-refractivity contribution in [3.63, 3.8) is 0 Å². The van der Waals surface area contributed by atoms with Crippen LogP contribution in [-0.4, -0.2) is 4.98 Å². The predicted octanol–water partition coefficient (Wildman–Crippen LogP) is 4.50. The van der Waals surface area contributed by atoms with Crippen molar-refractivity contribution in [1.29, 1.82) is 0 Å². The van der Waals surface area contributed by atoms with Crippen LogP contribution in [0.15, 0.2) is 60.9 Å². The summed E-state index contributed by atoms with van der Waals surface area (Å²) in [5.74, 6) is 1.93. The quantitative estimate of drug-likeness (QED) is 0.583. The second-order valence-corrected chi connectivity index (χ2v) is 5.50. The van der Waals surface area contributed by atoms with Crippen LogP contribution in [0.1, 0.15) is 25.0 Å². The Hall–Kier alpha value is -3.08. The maximum atomic E-state index is 6.16. The molecule has 124 valence electrons. The van der Waals surface area contributed by atoms with E-state index in [1.165, 1.54) is 0 Å². The average Bonchev–Trinajstić information content (AvgIpc) is 3.12. The molecule has 1 unspecified atom stereocenters. The molecule has 0 saturated carbocycles. The highest BCUT2D eigenvalue weighted by Gasteiger charge is 2.15. The van der Waals surface area contributed by atoms with Gasteiger partial charge in [-0.2, -0.15) is 0 Å². The maximum Gasteiger partial charge on any atom is 0.169 e. The lowest BCUT2D eigenvalue weighted by Gasteiger charge is -2.19. The molecule has 2 aromatic carbocycles. The summed E-state index contributed by atoms with van der Waals surface area (Å²) in [5.41, 5.74) is 13.7. The number of nitrogens with one attached hydrogen (secondary N) is 1. The molecule has 5 N–H and O–H groups in total. The normalized spacial score (nSPS) is 11.9. The lowest BCUT2D eigenvalue weighted by Crippen LogP contribution is -2.06. The Kier molecular flexibility index (Phi) is 4.61. The largest absolute Gasteiger partial charge is 0.482 e. The number of H-pyrrole nitrogens is 1. The molecule has 1 heterocycles. The summed E-state index contributed by atoms with van der Waals surface area (Å²) in [4.78, 5) is 3.06. The highest BCUT2D eigenvalue weighted by Crippen LogP contribution is 2.36. The molecule has 1 aromatic heterocycles. The molecule has 0 fully saturated rings.